The zero-order valence-corrected chi connectivity index (χ0v) is 10.6. The molecule has 19 heavy (non-hydrogen) atoms. The first kappa shape index (κ1) is 10.8. The molecule has 4 rings (SSSR count). The fraction of sp³-hybridized carbons (Fsp3) is 0.154. The molecule has 0 spiro atoms. The topological polar surface area (TPSA) is 63.7 Å². The first-order chi connectivity index (χ1) is 9.33. The maximum atomic E-state index is 5.97. The van der Waals surface area contributed by atoms with Crippen LogP contribution in [0.4, 0.5) is 0 Å². The second kappa shape index (κ2) is 3.93. The summed E-state index contributed by atoms with van der Waals surface area (Å²) < 4.78 is 5.72. The van der Waals surface area contributed by atoms with Crippen molar-refractivity contribution in [3.05, 3.63) is 35.2 Å². The molecular weight excluding hydrogens is 264 g/mol. The monoisotopic (exact) mass is 272 g/mol. The molecule has 0 atom stereocenters. The SMILES string of the molecule is Clc1nc(-c2cccc3c2OCC3)c2cn[nH]c2n1. The quantitative estimate of drug-likeness (QED) is 0.692. The van der Waals surface area contributed by atoms with E-state index in [9.17, 15) is 0 Å². The minimum atomic E-state index is 0.197. The summed E-state index contributed by atoms with van der Waals surface area (Å²) in [4.78, 5) is 8.45. The van der Waals surface area contributed by atoms with E-state index in [1.807, 2.05) is 12.1 Å². The lowest BCUT2D eigenvalue weighted by Crippen LogP contribution is -1.93. The molecule has 2 aromatic heterocycles. The van der Waals surface area contributed by atoms with Gasteiger partial charge >= 0.3 is 0 Å². The van der Waals surface area contributed by atoms with Gasteiger partial charge in [-0.1, -0.05) is 12.1 Å². The Bertz CT molecular complexity index is 783. The van der Waals surface area contributed by atoms with Crippen LogP contribution in [0.5, 0.6) is 5.75 Å². The minimum Gasteiger partial charge on any atom is -0.492 e. The van der Waals surface area contributed by atoms with Crippen LogP contribution < -0.4 is 4.74 Å². The van der Waals surface area contributed by atoms with Crippen molar-refractivity contribution in [2.45, 2.75) is 6.42 Å². The van der Waals surface area contributed by atoms with E-state index in [0.717, 1.165) is 28.8 Å². The zero-order chi connectivity index (χ0) is 12.8. The lowest BCUT2D eigenvalue weighted by Gasteiger charge is -2.08. The number of aromatic amines is 1. The highest BCUT2D eigenvalue weighted by molar-refractivity contribution is 6.28. The van der Waals surface area contributed by atoms with Crippen LogP contribution in [0.15, 0.2) is 24.4 Å². The molecule has 0 saturated heterocycles. The van der Waals surface area contributed by atoms with E-state index >= 15 is 0 Å². The number of hydrogen-bond donors (Lipinski definition) is 1. The van der Waals surface area contributed by atoms with Crippen molar-refractivity contribution >= 4 is 22.6 Å². The molecule has 1 N–H and O–H groups in total. The molecule has 0 saturated carbocycles. The molecule has 1 aliphatic rings. The van der Waals surface area contributed by atoms with Crippen molar-refractivity contribution in [3.8, 4) is 17.0 Å². The highest BCUT2D eigenvalue weighted by Gasteiger charge is 2.20. The molecule has 94 valence electrons. The van der Waals surface area contributed by atoms with Gasteiger partial charge in [0.25, 0.3) is 0 Å². The molecule has 0 fully saturated rings. The third-order valence-corrected chi connectivity index (χ3v) is 3.42. The van der Waals surface area contributed by atoms with Crippen LogP contribution in [0.25, 0.3) is 22.3 Å². The average Bonchev–Trinajstić information content (AvgIpc) is 3.04. The van der Waals surface area contributed by atoms with E-state index < -0.39 is 0 Å². The number of nitrogens with zero attached hydrogens (tertiary/aromatic N) is 3. The van der Waals surface area contributed by atoms with E-state index in [2.05, 4.69) is 26.2 Å². The largest absolute Gasteiger partial charge is 0.492 e. The van der Waals surface area contributed by atoms with Crippen LogP contribution >= 0.6 is 11.6 Å². The first-order valence-electron chi connectivity index (χ1n) is 5.94. The summed E-state index contributed by atoms with van der Waals surface area (Å²) in [5.74, 6) is 0.889. The van der Waals surface area contributed by atoms with E-state index in [1.54, 1.807) is 6.20 Å². The molecule has 0 radical (unpaired) electrons. The van der Waals surface area contributed by atoms with E-state index in [0.29, 0.717) is 12.3 Å². The van der Waals surface area contributed by atoms with Gasteiger partial charge in [-0.2, -0.15) is 10.1 Å². The smallest absolute Gasteiger partial charge is 0.224 e. The van der Waals surface area contributed by atoms with Crippen LogP contribution in [-0.2, 0) is 6.42 Å². The number of para-hydroxylation sites is 1. The van der Waals surface area contributed by atoms with Gasteiger partial charge < -0.3 is 4.74 Å². The average molecular weight is 273 g/mol. The van der Waals surface area contributed by atoms with Gasteiger partial charge in [-0.3, -0.25) is 5.10 Å². The van der Waals surface area contributed by atoms with Gasteiger partial charge in [-0.15, -0.1) is 0 Å². The molecule has 1 aromatic carbocycles. The summed E-state index contributed by atoms with van der Waals surface area (Å²) in [6.45, 7) is 0.708. The Kier molecular flexibility index (Phi) is 2.22. The molecule has 3 aromatic rings. The lowest BCUT2D eigenvalue weighted by molar-refractivity contribution is 0.358. The third kappa shape index (κ3) is 1.58. The van der Waals surface area contributed by atoms with E-state index in [1.165, 1.54) is 5.56 Å². The second-order valence-corrected chi connectivity index (χ2v) is 4.70. The van der Waals surface area contributed by atoms with Crippen molar-refractivity contribution in [2.75, 3.05) is 6.61 Å². The number of benzene rings is 1. The number of aromatic nitrogens is 4. The van der Waals surface area contributed by atoms with Crippen molar-refractivity contribution in [1.29, 1.82) is 0 Å². The Morgan fingerprint density at radius 1 is 1.26 bits per heavy atom. The Morgan fingerprint density at radius 2 is 2.21 bits per heavy atom. The summed E-state index contributed by atoms with van der Waals surface area (Å²) in [5.41, 5.74) is 3.52. The Balaban J connectivity index is 2.05. The molecule has 6 heteroatoms. The van der Waals surface area contributed by atoms with Crippen LogP contribution in [0.3, 0.4) is 0 Å². The highest BCUT2D eigenvalue weighted by atomic mass is 35.5. The van der Waals surface area contributed by atoms with Gasteiger partial charge in [0.1, 0.15) is 5.75 Å². The minimum absolute atomic E-state index is 0.197. The number of H-pyrrole nitrogens is 1. The zero-order valence-electron chi connectivity index (χ0n) is 9.85. The van der Waals surface area contributed by atoms with Crippen LogP contribution in [-0.4, -0.2) is 26.8 Å². The fourth-order valence-corrected chi connectivity index (χ4v) is 2.58. The van der Waals surface area contributed by atoms with Gasteiger partial charge in [0.15, 0.2) is 5.65 Å². The molecule has 0 unspecified atom stereocenters. The van der Waals surface area contributed by atoms with E-state index in [4.69, 9.17) is 16.3 Å². The Hall–Kier alpha value is -2.14. The van der Waals surface area contributed by atoms with Crippen molar-refractivity contribution in [1.82, 2.24) is 20.2 Å². The Labute approximate surface area is 113 Å². The molecule has 1 aliphatic heterocycles. The third-order valence-electron chi connectivity index (χ3n) is 3.25. The predicted octanol–water partition coefficient (Wildman–Crippen LogP) is 2.61. The summed E-state index contributed by atoms with van der Waals surface area (Å²) >= 11 is 5.97. The number of hydrogen-bond acceptors (Lipinski definition) is 4. The van der Waals surface area contributed by atoms with Crippen LogP contribution in [0.2, 0.25) is 5.28 Å². The summed E-state index contributed by atoms with van der Waals surface area (Å²) in [6, 6.07) is 6.06. The maximum absolute atomic E-state index is 5.97. The first-order valence-corrected chi connectivity index (χ1v) is 6.32. The summed E-state index contributed by atoms with van der Waals surface area (Å²) in [5, 5.41) is 7.84. The standard InChI is InChI=1S/C13H9ClN4O/c14-13-16-10(9-6-15-18-12(9)17-13)8-3-1-2-7-4-5-19-11(7)8/h1-3,6H,4-5H2,(H,15,16,17,18). The summed E-state index contributed by atoms with van der Waals surface area (Å²) in [7, 11) is 0. The number of nitrogens with one attached hydrogen (secondary N) is 1. The number of rotatable bonds is 1. The molecular formula is C13H9ClN4O. The maximum Gasteiger partial charge on any atom is 0.224 e. The summed E-state index contributed by atoms with van der Waals surface area (Å²) in [6.07, 6.45) is 2.63. The van der Waals surface area contributed by atoms with Gasteiger partial charge in [0.2, 0.25) is 5.28 Å². The van der Waals surface area contributed by atoms with Crippen LogP contribution in [0.1, 0.15) is 5.56 Å². The fourth-order valence-electron chi connectivity index (χ4n) is 2.41. The normalized spacial score (nSPS) is 13.5. The van der Waals surface area contributed by atoms with Crippen molar-refractivity contribution in [2.24, 2.45) is 0 Å². The van der Waals surface area contributed by atoms with Gasteiger partial charge in [0, 0.05) is 12.0 Å². The highest BCUT2D eigenvalue weighted by Crippen LogP contribution is 2.38. The molecule has 5 nitrogen and oxygen atoms in total. The molecule has 0 aliphatic carbocycles. The predicted molar refractivity (Wildman–Crippen MR) is 71.3 cm³/mol. The van der Waals surface area contributed by atoms with E-state index in [-0.39, 0.29) is 5.28 Å². The second-order valence-electron chi connectivity index (χ2n) is 4.37. The number of ether oxygens (including phenoxy) is 1. The Morgan fingerprint density at radius 3 is 3.16 bits per heavy atom. The molecule has 0 bridgehead atoms. The number of fused-ring (bicyclic) bond motifs is 2. The van der Waals surface area contributed by atoms with Gasteiger partial charge in [-0.25, -0.2) is 4.98 Å². The lowest BCUT2D eigenvalue weighted by atomic mass is 10.0. The van der Waals surface area contributed by atoms with Crippen molar-refractivity contribution in [3.63, 3.8) is 0 Å². The van der Waals surface area contributed by atoms with Crippen molar-refractivity contribution < 1.29 is 4.74 Å². The number of halogens is 1. The van der Waals surface area contributed by atoms with Gasteiger partial charge in [0.05, 0.1) is 23.9 Å². The van der Waals surface area contributed by atoms with Gasteiger partial charge in [-0.05, 0) is 23.2 Å². The molecule has 3 heterocycles. The molecule has 0 amide bonds. The van der Waals surface area contributed by atoms with Crippen LogP contribution in [0, 0.1) is 0 Å².